The summed E-state index contributed by atoms with van der Waals surface area (Å²) in [5, 5.41) is 3.93. The number of hydrogen-bond acceptors (Lipinski definition) is 4. The van der Waals surface area contributed by atoms with Crippen LogP contribution in [-0.2, 0) is 16.6 Å². The van der Waals surface area contributed by atoms with Crippen LogP contribution in [0.2, 0.25) is 0 Å². The molecule has 0 aliphatic rings. The normalized spacial score (nSPS) is 11.9. The van der Waals surface area contributed by atoms with E-state index >= 15 is 0 Å². The van der Waals surface area contributed by atoms with E-state index in [9.17, 15) is 8.42 Å². The van der Waals surface area contributed by atoms with Crippen molar-refractivity contribution in [1.29, 1.82) is 0 Å². The van der Waals surface area contributed by atoms with Gasteiger partial charge >= 0.3 is 0 Å². The van der Waals surface area contributed by atoms with E-state index in [4.69, 9.17) is 4.52 Å². The summed E-state index contributed by atoms with van der Waals surface area (Å²) >= 11 is 0. The molecule has 1 aromatic carbocycles. The van der Waals surface area contributed by atoms with E-state index in [2.05, 4.69) is 9.88 Å². The van der Waals surface area contributed by atoms with Crippen LogP contribution in [0.25, 0.3) is 11.3 Å². The Kier molecular flexibility index (Phi) is 4.53. The number of nitrogens with zero attached hydrogens (tertiary/aromatic N) is 2. The van der Waals surface area contributed by atoms with Crippen molar-refractivity contribution in [3.05, 3.63) is 42.1 Å². The number of hydrogen-bond donors (Lipinski definition) is 1. The third-order valence-corrected chi connectivity index (χ3v) is 4.29. The van der Waals surface area contributed by atoms with Gasteiger partial charge < -0.3 is 4.52 Å². The van der Waals surface area contributed by atoms with Crippen LogP contribution in [0.1, 0.15) is 5.69 Å². The molecule has 0 amide bonds. The first-order valence-corrected chi connectivity index (χ1v) is 7.61. The summed E-state index contributed by atoms with van der Waals surface area (Å²) in [5.74, 6) is 0.677. The lowest BCUT2D eigenvalue weighted by molar-refractivity contribution is 0.423. The molecule has 0 unspecified atom stereocenters. The smallest absolute Gasteiger partial charge is 0.278 e. The summed E-state index contributed by atoms with van der Waals surface area (Å²) in [6.45, 7) is 0.279. The fourth-order valence-electron chi connectivity index (χ4n) is 1.61. The maximum atomic E-state index is 11.5. The van der Waals surface area contributed by atoms with Gasteiger partial charge in [-0.15, -0.1) is 0 Å². The Morgan fingerprint density at radius 3 is 2.60 bits per heavy atom. The van der Waals surface area contributed by atoms with E-state index in [0.717, 1.165) is 9.87 Å². The lowest BCUT2D eigenvalue weighted by Gasteiger charge is -2.11. The highest BCUT2D eigenvalue weighted by atomic mass is 32.2. The van der Waals surface area contributed by atoms with Crippen molar-refractivity contribution in [2.45, 2.75) is 6.42 Å². The van der Waals surface area contributed by atoms with Gasteiger partial charge in [0.05, 0.1) is 5.69 Å². The second-order valence-corrected chi connectivity index (χ2v) is 6.45. The first kappa shape index (κ1) is 14.7. The minimum Gasteiger partial charge on any atom is -0.356 e. The monoisotopic (exact) mass is 295 g/mol. The van der Waals surface area contributed by atoms with Crippen molar-refractivity contribution >= 4 is 10.2 Å². The molecule has 2 rings (SSSR count). The zero-order chi connectivity index (χ0) is 14.6. The standard InChI is InChI=1S/C13H17N3O3S/c1-16(2)20(17,18)14-9-8-12-10-13(19-15-12)11-6-4-3-5-7-11/h3-7,10,14H,8-9H2,1-2H3. The molecule has 0 saturated carbocycles. The summed E-state index contributed by atoms with van der Waals surface area (Å²) in [7, 11) is -0.433. The average molecular weight is 295 g/mol. The molecule has 0 spiro atoms. The molecule has 108 valence electrons. The van der Waals surface area contributed by atoms with Gasteiger partial charge in [-0.3, -0.25) is 0 Å². The molecule has 1 aromatic heterocycles. The van der Waals surface area contributed by atoms with Gasteiger partial charge in [-0.25, -0.2) is 4.72 Å². The molecule has 1 heterocycles. The van der Waals surface area contributed by atoms with E-state index < -0.39 is 10.2 Å². The lowest BCUT2D eigenvalue weighted by atomic mass is 10.1. The highest BCUT2D eigenvalue weighted by Crippen LogP contribution is 2.19. The molecular formula is C13H17N3O3S. The fraction of sp³-hybridized carbons (Fsp3) is 0.308. The topological polar surface area (TPSA) is 75.4 Å². The molecule has 0 aliphatic carbocycles. The second kappa shape index (κ2) is 6.17. The lowest BCUT2D eigenvalue weighted by Crippen LogP contribution is -2.36. The zero-order valence-corrected chi connectivity index (χ0v) is 12.2. The predicted molar refractivity (Wildman–Crippen MR) is 76.3 cm³/mol. The second-order valence-electron chi connectivity index (χ2n) is 4.48. The Balaban J connectivity index is 1.94. The molecule has 7 heteroatoms. The molecule has 1 N–H and O–H groups in total. The highest BCUT2D eigenvalue weighted by molar-refractivity contribution is 7.87. The first-order valence-electron chi connectivity index (χ1n) is 6.17. The number of rotatable bonds is 6. The molecule has 0 fully saturated rings. The SMILES string of the molecule is CN(C)S(=O)(=O)NCCc1cc(-c2ccccc2)on1. The van der Waals surface area contributed by atoms with Crippen molar-refractivity contribution in [2.24, 2.45) is 0 Å². The summed E-state index contributed by atoms with van der Waals surface area (Å²) in [5.41, 5.74) is 1.66. The Labute approximate surface area is 118 Å². The van der Waals surface area contributed by atoms with Crippen LogP contribution >= 0.6 is 0 Å². The van der Waals surface area contributed by atoms with E-state index in [1.54, 1.807) is 0 Å². The fourth-order valence-corrected chi connectivity index (χ4v) is 2.22. The third kappa shape index (κ3) is 3.66. The van der Waals surface area contributed by atoms with Gasteiger partial charge in [0.15, 0.2) is 5.76 Å². The van der Waals surface area contributed by atoms with Gasteiger partial charge in [0.2, 0.25) is 0 Å². The van der Waals surface area contributed by atoms with Crippen LogP contribution in [0, 0.1) is 0 Å². The molecule has 6 nitrogen and oxygen atoms in total. The molecule has 0 bridgehead atoms. The van der Waals surface area contributed by atoms with Crippen LogP contribution in [-0.4, -0.2) is 38.5 Å². The molecule has 2 aromatic rings. The van der Waals surface area contributed by atoms with Crippen molar-refractivity contribution < 1.29 is 12.9 Å². The van der Waals surface area contributed by atoms with E-state index in [-0.39, 0.29) is 6.54 Å². The summed E-state index contributed by atoms with van der Waals surface area (Å²) in [4.78, 5) is 0. The van der Waals surface area contributed by atoms with E-state index in [0.29, 0.717) is 17.9 Å². The van der Waals surface area contributed by atoms with E-state index in [1.165, 1.54) is 14.1 Å². The summed E-state index contributed by atoms with van der Waals surface area (Å²) in [6, 6.07) is 11.4. The van der Waals surface area contributed by atoms with Crippen molar-refractivity contribution in [3.63, 3.8) is 0 Å². The van der Waals surface area contributed by atoms with Gasteiger partial charge in [0, 0.05) is 38.7 Å². The molecule has 0 saturated heterocycles. The molecular weight excluding hydrogens is 278 g/mol. The Bertz CT molecular complexity index is 651. The molecule has 0 radical (unpaired) electrons. The predicted octanol–water partition coefficient (Wildman–Crippen LogP) is 1.28. The molecule has 0 atom stereocenters. The van der Waals surface area contributed by atoms with Gasteiger partial charge in [-0.1, -0.05) is 35.5 Å². The van der Waals surface area contributed by atoms with Gasteiger partial charge in [0.1, 0.15) is 0 Å². The third-order valence-electron chi connectivity index (χ3n) is 2.76. The summed E-state index contributed by atoms with van der Waals surface area (Å²) in [6.07, 6.45) is 0.476. The van der Waals surface area contributed by atoms with Crippen LogP contribution in [0.5, 0.6) is 0 Å². The highest BCUT2D eigenvalue weighted by Gasteiger charge is 2.12. The average Bonchev–Trinajstić information content (AvgIpc) is 2.88. The van der Waals surface area contributed by atoms with Crippen molar-refractivity contribution in [1.82, 2.24) is 14.2 Å². The molecule has 0 aliphatic heterocycles. The van der Waals surface area contributed by atoms with Gasteiger partial charge in [0.25, 0.3) is 10.2 Å². The van der Waals surface area contributed by atoms with Gasteiger partial charge in [-0.05, 0) is 0 Å². The minimum absolute atomic E-state index is 0.279. The van der Waals surface area contributed by atoms with Crippen LogP contribution in [0.15, 0.2) is 40.9 Å². The van der Waals surface area contributed by atoms with Gasteiger partial charge in [-0.2, -0.15) is 12.7 Å². The maximum absolute atomic E-state index is 11.5. The quantitative estimate of drug-likeness (QED) is 0.871. The minimum atomic E-state index is -3.39. The Morgan fingerprint density at radius 1 is 1.25 bits per heavy atom. The van der Waals surface area contributed by atoms with Crippen LogP contribution in [0.4, 0.5) is 0 Å². The molecule has 20 heavy (non-hydrogen) atoms. The first-order chi connectivity index (χ1) is 9.49. The Hall–Kier alpha value is -1.70. The zero-order valence-electron chi connectivity index (χ0n) is 11.4. The van der Waals surface area contributed by atoms with Crippen molar-refractivity contribution in [2.75, 3.05) is 20.6 Å². The van der Waals surface area contributed by atoms with Crippen LogP contribution < -0.4 is 4.72 Å². The Morgan fingerprint density at radius 2 is 1.95 bits per heavy atom. The number of nitrogens with one attached hydrogen (secondary N) is 1. The largest absolute Gasteiger partial charge is 0.356 e. The number of aromatic nitrogens is 1. The van der Waals surface area contributed by atoms with E-state index in [1.807, 2.05) is 36.4 Å². The maximum Gasteiger partial charge on any atom is 0.278 e. The van der Waals surface area contributed by atoms with Crippen LogP contribution in [0.3, 0.4) is 0 Å². The summed E-state index contributed by atoms with van der Waals surface area (Å²) < 4.78 is 31.9. The number of benzene rings is 1. The van der Waals surface area contributed by atoms with Crippen molar-refractivity contribution in [3.8, 4) is 11.3 Å².